The molecule has 0 rings (SSSR count). The molecule has 0 unspecified atom stereocenters. The second kappa shape index (κ2) is 4.68. The van der Waals surface area contributed by atoms with Crippen LogP contribution in [0.2, 0.25) is 0 Å². The van der Waals surface area contributed by atoms with E-state index in [4.69, 9.17) is 0 Å². The monoisotopic (exact) mass is 149 g/mol. The Morgan fingerprint density at radius 2 is 2.00 bits per heavy atom. The van der Waals surface area contributed by atoms with Crippen LogP contribution < -0.4 is 34.4 Å². The zero-order chi connectivity index (χ0) is 5.91. The first-order valence-corrected chi connectivity index (χ1v) is 2.72. The zero-order valence-corrected chi connectivity index (χ0v) is 7.36. The van der Waals surface area contributed by atoms with Crippen molar-refractivity contribution in [1.82, 2.24) is 4.89 Å². The number of nitrogens with one attached hydrogen (secondary N) is 1. The Labute approximate surface area is 69.5 Å². The van der Waals surface area contributed by atoms with Crippen molar-refractivity contribution in [3.05, 3.63) is 0 Å². The van der Waals surface area contributed by atoms with E-state index in [1.54, 1.807) is 0 Å². The van der Waals surface area contributed by atoms with Gasteiger partial charge in [-0.1, -0.05) is 0 Å². The van der Waals surface area contributed by atoms with Crippen LogP contribution >= 0.6 is 0 Å². The van der Waals surface area contributed by atoms with E-state index >= 15 is 0 Å². The molecule has 0 atom stereocenters. The van der Waals surface area contributed by atoms with Crippen LogP contribution in [-0.2, 0) is 15.1 Å². The van der Waals surface area contributed by atoms with E-state index in [1.165, 1.54) is 4.89 Å². The average Bonchev–Trinajstić information content (AvgIpc) is 1.30. The first kappa shape index (κ1) is 11.6. The molecule has 0 aliphatic heterocycles. The van der Waals surface area contributed by atoms with E-state index in [2.05, 4.69) is 4.84 Å². The molecule has 0 aliphatic carbocycles. The van der Waals surface area contributed by atoms with Crippen molar-refractivity contribution in [3.8, 4) is 0 Å². The molecular weight excluding hydrogens is 145 g/mol. The van der Waals surface area contributed by atoms with Crippen molar-refractivity contribution >= 4 is 10.3 Å². The first-order valence-electron chi connectivity index (χ1n) is 1.32. The van der Waals surface area contributed by atoms with Gasteiger partial charge in [0, 0.05) is 0 Å². The van der Waals surface area contributed by atoms with Crippen molar-refractivity contribution in [2.75, 3.05) is 7.11 Å². The van der Waals surface area contributed by atoms with Crippen LogP contribution in [0.3, 0.4) is 0 Å². The molecule has 8 heavy (non-hydrogen) atoms. The van der Waals surface area contributed by atoms with Gasteiger partial charge in [-0.05, 0) is 0 Å². The zero-order valence-electron chi connectivity index (χ0n) is 4.54. The Kier molecular flexibility index (Phi) is 6.80. The van der Waals surface area contributed by atoms with Crippen LogP contribution in [0.1, 0.15) is 0 Å². The second-order valence-corrected chi connectivity index (χ2v) is 1.82. The summed E-state index contributed by atoms with van der Waals surface area (Å²) in [7, 11) is -3.36. The van der Waals surface area contributed by atoms with Crippen molar-refractivity contribution in [1.29, 1.82) is 0 Å². The summed E-state index contributed by atoms with van der Waals surface area (Å²) >= 11 is 0. The summed E-state index contributed by atoms with van der Waals surface area (Å²) in [6.45, 7) is 0. The third-order valence-electron chi connectivity index (χ3n) is 0.185. The Morgan fingerprint density at radius 3 is 2.00 bits per heavy atom. The summed E-state index contributed by atoms with van der Waals surface area (Å²) in [5.74, 6) is 0. The normalized spacial score (nSPS) is 10.2. The van der Waals surface area contributed by atoms with Crippen molar-refractivity contribution in [3.63, 3.8) is 0 Å². The quantitative estimate of drug-likeness (QED) is 0.244. The van der Waals surface area contributed by atoms with Crippen molar-refractivity contribution in [2.24, 2.45) is 0 Å². The van der Waals surface area contributed by atoms with Gasteiger partial charge in [0.05, 0.1) is 7.11 Å². The molecule has 0 bridgehead atoms. The fourth-order valence-corrected chi connectivity index (χ4v) is 0.306. The Balaban J connectivity index is 0. The Hall–Kier alpha value is 0.830. The van der Waals surface area contributed by atoms with Crippen molar-refractivity contribution < 1.29 is 47.4 Å². The van der Waals surface area contributed by atoms with E-state index in [0.29, 0.717) is 0 Å². The molecule has 1 N–H and O–H groups in total. The standard InChI is InChI=1S/CH5NO4S.Na/c1-6-2-7(3,4)5;/h2H,1H3,(H,3,4,5);/q;+1/p-1. The summed E-state index contributed by atoms with van der Waals surface area (Å²) in [6.07, 6.45) is 0. The summed E-state index contributed by atoms with van der Waals surface area (Å²) in [5.41, 5.74) is 0. The van der Waals surface area contributed by atoms with Gasteiger partial charge >= 0.3 is 29.6 Å². The molecule has 44 valence electrons. The van der Waals surface area contributed by atoms with Crippen molar-refractivity contribution in [2.45, 2.75) is 0 Å². The van der Waals surface area contributed by atoms with Gasteiger partial charge in [0.2, 0.25) is 0 Å². The van der Waals surface area contributed by atoms with Crippen LogP contribution in [0.5, 0.6) is 0 Å². The van der Waals surface area contributed by atoms with Crippen LogP contribution in [0.15, 0.2) is 0 Å². The molecule has 5 nitrogen and oxygen atoms in total. The predicted molar refractivity (Wildman–Crippen MR) is 19.8 cm³/mol. The summed E-state index contributed by atoms with van der Waals surface area (Å²) < 4.78 is 28.3. The fourth-order valence-electron chi connectivity index (χ4n) is 0.102. The molecule has 0 spiro atoms. The van der Waals surface area contributed by atoms with E-state index in [0.717, 1.165) is 7.11 Å². The largest absolute Gasteiger partial charge is 1.00 e. The van der Waals surface area contributed by atoms with Gasteiger partial charge in [-0.2, -0.15) is 0 Å². The molecule has 0 radical (unpaired) electrons. The molecule has 0 aliphatic rings. The summed E-state index contributed by atoms with van der Waals surface area (Å²) in [4.78, 5) is 4.96. The van der Waals surface area contributed by atoms with Gasteiger partial charge in [0.15, 0.2) is 10.3 Å². The molecule has 0 aromatic heterocycles. The minimum atomic E-state index is -4.40. The van der Waals surface area contributed by atoms with E-state index < -0.39 is 10.3 Å². The third-order valence-corrected chi connectivity index (χ3v) is 0.556. The maximum absolute atomic E-state index is 9.44. The van der Waals surface area contributed by atoms with Gasteiger partial charge in [0.25, 0.3) is 0 Å². The van der Waals surface area contributed by atoms with E-state index in [1.807, 2.05) is 0 Å². The van der Waals surface area contributed by atoms with Crippen LogP contribution in [0.25, 0.3) is 0 Å². The number of rotatable bonds is 2. The van der Waals surface area contributed by atoms with Crippen LogP contribution in [0, 0.1) is 0 Å². The van der Waals surface area contributed by atoms with Gasteiger partial charge in [-0.3, -0.25) is 4.84 Å². The van der Waals surface area contributed by atoms with Gasteiger partial charge in [0.1, 0.15) is 0 Å². The molecule has 0 amide bonds. The first-order chi connectivity index (χ1) is 3.06. The van der Waals surface area contributed by atoms with E-state index in [-0.39, 0.29) is 29.6 Å². The minimum absolute atomic E-state index is 0. The molecule has 0 aromatic rings. The molecular formula is CH4NNaO4S. The topological polar surface area (TPSA) is 78.5 Å². The Morgan fingerprint density at radius 1 is 1.62 bits per heavy atom. The maximum atomic E-state index is 9.44. The smallest absolute Gasteiger partial charge is 0.734 e. The van der Waals surface area contributed by atoms with Gasteiger partial charge in [-0.15, -0.1) is 4.89 Å². The van der Waals surface area contributed by atoms with Gasteiger partial charge < -0.3 is 4.55 Å². The second-order valence-electron chi connectivity index (χ2n) is 0.742. The number of hydrogen-bond acceptors (Lipinski definition) is 4. The molecule has 7 heteroatoms. The molecule has 0 aromatic carbocycles. The SMILES string of the molecule is CONS(=O)(=O)[O-].[Na+]. The van der Waals surface area contributed by atoms with Crippen LogP contribution in [-0.4, -0.2) is 20.1 Å². The summed E-state index contributed by atoms with van der Waals surface area (Å²) in [6, 6.07) is 0. The van der Waals surface area contributed by atoms with Gasteiger partial charge in [-0.25, -0.2) is 8.42 Å². The van der Waals surface area contributed by atoms with Crippen LogP contribution in [0.4, 0.5) is 0 Å². The minimum Gasteiger partial charge on any atom is -0.734 e. The van der Waals surface area contributed by atoms with E-state index in [9.17, 15) is 13.0 Å². The molecule has 0 saturated heterocycles. The Bertz CT molecular complexity index is 129. The molecule has 0 saturated carbocycles. The predicted octanol–water partition coefficient (Wildman–Crippen LogP) is -4.40. The summed E-state index contributed by atoms with van der Waals surface area (Å²) in [5, 5.41) is 0. The maximum Gasteiger partial charge on any atom is 1.00 e. The fraction of sp³-hybridized carbons (Fsp3) is 1.00. The third kappa shape index (κ3) is 9.95. The molecule has 0 heterocycles. The number of hydrogen-bond donors (Lipinski definition) is 1. The average molecular weight is 149 g/mol. The molecule has 0 fully saturated rings.